The first-order valence-electron chi connectivity index (χ1n) is 13.2. The molecule has 0 aliphatic carbocycles. The van der Waals surface area contributed by atoms with Crippen molar-refractivity contribution in [2.24, 2.45) is 0 Å². The van der Waals surface area contributed by atoms with E-state index in [1.165, 1.54) is 0 Å². The standard InChI is InChI=1S/C33H40O6/c1-8-18-38-32-28(34-4)19-26(20-29(32)35-5)16-14-24-10-12-25(13-11-24)15-17-27-21-30(36-6)33(31(22-27)37-7)39-23(3)9-2/h10-17,19-23H,8-9,18H2,1-7H3/b16-14+,17-15+. The van der Waals surface area contributed by atoms with Crippen molar-refractivity contribution < 1.29 is 28.4 Å². The molecule has 39 heavy (non-hydrogen) atoms. The molecule has 0 bridgehead atoms. The average molecular weight is 533 g/mol. The minimum Gasteiger partial charge on any atom is -0.493 e. The molecule has 0 amide bonds. The van der Waals surface area contributed by atoms with Gasteiger partial charge in [-0.2, -0.15) is 0 Å². The SMILES string of the molecule is CCCOc1c(OC)cc(/C=C/c2ccc(/C=C/c3cc(OC)c(OC(C)CC)c(OC)c3)cc2)cc1OC. The van der Waals surface area contributed by atoms with Crippen LogP contribution in [0.2, 0.25) is 0 Å². The largest absolute Gasteiger partial charge is 0.493 e. The van der Waals surface area contributed by atoms with Gasteiger partial charge in [0.1, 0.15) is 0 Å². The maximum atomic E-state index is 6.04. The molecule has 1 atom stereocenters. The Morgan fingerprint density at radius 3 is 1.33 bits per heavy atom. The number of hydrogen-bond donors (Lipinski definition) is 0. The Hall–Kier alpha value is -4.06. The Balaban J connectivity index is 1.76. The van der Waals surface area contributed by atoms with Crippen LogP contribution in [-0.2, 0) is 0 Å². The molecule has 3 aromatic rings. The first kappa shape index (κ1) is 29.5. The van der Waals surface area contributed by atoms with Crippen LogP contribution >= 0.6 is 0 Å². The summed E-state index contributed by atoms with van der Waals surface area (Å²) in [6.07, 6.45) is 10.0. The van der Waals surface area contributed by atoms with E-state index in [1.54, 1.807) is 28.4 Å². The lowest BCUT2D eigenvalue weighted by molar-refractivity contribution is 0.198. The third kappa shape index (κ3) is 7.96. The van der Waals surface area contributed by atoms with Crippen LogP contribution in [0, 0.1) is 0 Å². The average Bonchev–Trinajstić information content (AvgIpc) is 2.98. The Morgan fingerprint density at radius 1 is 0.590 bits per heavy atom. The summed E-state index contributed by atoms with van der Waals surface area (Å²) in [5.41, 5.74) is 4.07. The Morgan fingerprint density at radius 2 is 0.974 bits per heavy atom. The second-order valence-corrected chi connectivity index (χ2v) is 9.03. The van der Waals surface area contributed by atoms with Gasteiger partial charge in [0, 0.05) is 0 Å². The fourth-order valence-corrected chi connectivity index (χ4v) is 3.84. The lowest BCUT2D eigenvalue weighted by Crippen LogP contribution is -2.11. The summed E-state index contributed by atoms with van der Waals surface area (Å²) < 4.78 is 34.1. The fraction of sp³-hybridized carbons (Fsp3) is 0.333. The number of rotatable bonds is 14. The van der Waals surface area contributed by atoms with Gasteiger partial charge in [0.05, 0.1) is 41.2 Å². The Bertz CT molecular complexity index is 1210. The molecule has 0 saturated carbocycles. The zero-order valence-electron chi connectivity index (χ0n) is 24.1. The predicted octanol–water partition coefficient (Wildman–Crippen LogP) is 8.03. The van der Waals surface area contributed by atoms with E-state index in [4.69, 9.17) is 28.4 Å². The van der Waals surface area contributed by atoms with E-state index in [0.717, 1.165) is 35.1 Å². The number of methoxy groups -OCH3 is 4. The molecule has 0 aliphatic rings. The molecule has 0 aromatic heterocycles. The van der Waals surface area contributed by atoms with Gasteiger partial charge in [0.15, 0.2) is 23.0 Å². The van der Waals surface area contributed by atoms with Gasteiger partial charge in [-0.3, -0.25) is 0 Å². The summed E-state index contributed by atoms with van der Waals surface area (Å²) in [6.45, 7) is 6.77. The second-order valence-electron chi connectivity index (χ2n) is 9.03. The molecule has 3 aromatic carbocycles. The number of ether oxygens (including phenoxy) is 6. The smallest absolute Gasteiger partial charge is 0.203 e. The van der Waals surface area contributed by atoms with Crippen molar-refractivity contribution in [1.82, 2.24) is 0 Å². The maximum absolute atomic E-state index is 6.04. The lowest BCUT2D eigenvalue weighted by Gasteiger charge is -2.18. The van der Waals surface area contributed by atoms with Crippen molar-refractivity contribution in [2.45, 2.75) is 39.7 Å². The van der Waals surface area contributed by atoms with Crippen LogP contribution in [0.4, 0.5) is 0 Å². The Labute approximate surface area is 232 Å². The minimum atomic E-state index is 0.0602. The summed E-state index contributed by atoms with van der Waals surface area (Å²) in [5, 5.41) is 0. The quantitative estimate of drug-likeness (QED) is 0.196. The van der Waals surface area contributed by atoms with E-state index in [-0.39, 0.29) is 6.10 Å². The summed E-state index contributed by atoms with van der Waals surface area (Å²) >= 11 is 0. The molecule has 0 fully saturated rings. The maximum Gasteiger partial charge on any atom is 0.203 e. The molecule has 1 unspecified atom stereocenters. The first-order valence-corrected chi connectivity index (χ1v) is 13.2. The Kier molecular flexibility index (Phi) is 11.2. The van der Waals surface area contributed by atoms with Gasteiger partial charge < -0.3 is 28.4 Å². The molecule has 0 aliphatic heterocycles. The summed E-state index contributed by atoms with van der Waals surface area (Å²) in [6, 6.07) is 16.1. The summed E-state index contributed by atoms with van der Waals surface area (Å²) in [5.74, 6) is 3.84. The van der Waals surface area contributed by atoms with E-state index in [1.807, 2.05) is 43.3 Å². The zero-order chi connectivity index (χ0) is 28.2. The van der Waals surface area contributed by atoms with E-state index >= 15 is 0 Å². The topological polar surface area (TPSA) is 55.4 Å². The third-order valence-corrected chi connectivity index (χ3v) is 6.18. The molecular weight excluding hydrogens is 492 g/mol. The minimum absolute atomic E-state index is 0.0602. The van der Waals surface area contributed by atoms with Crippen LogP contribution in [0.25, 0.3) is 24.3 Å². The van der Waals surface area contributed by atoms with Crippen LogP contribution < -0.4 is 28.4 Å². The predicted molar refractivity (Wildman–Crippen MR) is 160 cm³/mol. The van der Waals surface area contributed by atoms with Crippen molar-refractivity contribution >= 4 is 24.3 Å². The van der Waals surface area contributed by atoms with Gasteiger partial charge >= 0.3 is 0 Å². The van der Waals surface area contributed by atoms with Crippen molar-refractivity contribution in [3.05, 3.63) is 70.8 Å². The highest BCUT2D eigenvalue weighted by atomic mass is 16.5. The van der Waals surface area contributed by atoms with Crippen LogP contribution in [0.15, 0.2) is 48.5 Å². The van der Waals surface area contributed by atoms with Crippen molar-refractivity contribution in [1.29, 1.82) is 0 Å². The zero-order valence-corrected chi connectivity index (χ0v) is 24.1. The molecule has 0 saturated heterocycles. The van der Waals surface area contributed by atoms with E-state index in [9.17, 15) is 0 Å². The second kappa shape index (κ2) is 14.8. The van der Waals surface area contributed by atoms with Gasteiger partial charge in [-0.05, 0) is 66.3 Å². The molecule has 6 nitrogen and oxygen atoms in total. The van der Waals surface area contributed by atoms with Gasteiger partial charge in [-0.1, -0.05) is 62.4 Å². The van der Waals surface area contributed by atoms with Crippen LogP contribution in [0.5, 0.6) is 34.5 Å². The highest BCUT2D eigenvalue weighted by Gasteiger charge is 2.16. The summed E-state index contributed by atoms with van der Waals surface area (Å²) in [4.78, 5) is 0. The molecule has 6 heteroatoms. The monoisotopic (exact) mass is 532 g/mol. The van der Waals surface area contributed by atoms with Crippen molar-refractivity contribution in [3.63, 3.8) is 0 Å². The fourth-order valence-electron chi connectivity index (χ4n) is 3.84. The van der Waals surface area contributed by atoms with Gasteiger partial charge in [0.2, 0.25) is 11.5 Å². The summed E-state index contributed by atoms with van der Waals surface area (Å²) in [7, 11) is 6.54. The van der Waals surface area contributed by atoms with E-state index in [0.29, 0.717) is 41.1 Å². The molecule has 0 radical (unpaired) electrons. The third-order valence-electron chi connectivity index (χ3n) is 6.18. The van der Waals surface area contributed by atoms with Crippen LogP contribution in [-0.4, -0.2) is 41.2 Å². The van der Waals surface area contributed by atoms with Crippen molar-refractivity contribution in [2.75, 3.05) is 35.0 Å². The van der Waals surface area contributed by atoms with Gasteiger partial charge in [0.25, 0.3) is 0 Å². The molecular formula is C33H40O6. The van der Waals surface area contributed by atoms with Crippen molar-refractivity contribution in [3.8, 4) is 34.5 Å². The number of hydrogen-bond acceptors (Lipinski definition) is 6. The highest BCUT2D eigenvalue weighted by molar-refractivity contribution is 5.75. The van der Waals surface area contributed by atoms with Crippen LogP contribution in [0.1, 0.15) is 55.9 Å². The molecule has 0 spiro atoms. The van der Waals surface area contributed by atoms with Gasteiger partial charge in [-0.25, -0.2) is 0 Å². The van der Waals surface area contributed by atoms with Crippen LogP contribution in [0.3, 0.4) is 0 Å². The molecule has 0 N–H and O–H groups in total. The number of benzene rings is 3. The van der Waals surface area contributed by atoms with E-state index < -0.39 is 0 Å². The lowest BCUT2D eigenvalue weighted by atomic mass is 10.1. The van der Waals surface area contributed by atoms with Gasteiger partial charge in [-0.15, -0.1) is 0 Å². The molecule has 0 heterocycles. The molecule has 208 valence electrons. The normalized spacial score (nSPS) is 12.0. The highest BCUT2D eigenvalue weighted by Crippen LogP contribution is 2.40. The first-order chi connectivity index (χ1) is 19.0. The molecule has 3 rings (SSSR count). The van der Waals surface area contributed by atoms with E-state index in [2.05, 4.69) is 50.3 Å².